The summed E-state index contributed by atoms with van der Waals surface area (Å²) in [4.78, 5) is 19.2. The molecule has 1 saturated carbocycles. The minimum Gasteiger partial charge on any atom is -0.326 e. The predicted molar refractivity (Wildman–Crippen MR) is 101 cm³/mol. The van der Waals surface area contributed by atoms with Crippen molar-refractivity contribution in [2.75, 3.05) is 5.32 Å². The van der Waals surface area contributed by atoms with Crippen LogP contribution in [0.2, 0.25) is 0 Å². The molecule has 0 radical (unpaired) electrons. The van der Waals surface area contributed by atoms with E-state index in [0.29, 0.717) is 12.1 Å². The molecule has 2 aliphatic heterocycles. The van der Waals surface area contributed by atoms with Crippen LogP contribution in [0, 0.1) is 5.92 Å². The normalized spacial score (nSPS) is 25.2. The van der Waals surface area contributed by atoms with Crippen LogP contribution in [0.3, 0.4) is 0 Å². The van der Waals surface area contributed by atoms with Crippen molar-refractivity contribution in [3.63, 3.8) is 0 Å². The highest BCUT2D eigenvalue weighted by Crippen LogP contribution is 2.44. The lowest BCUT2D eigenvalue weighted by molar-refractivity contribution is -0.118. The summed E-state index contributed by atoms with van der Waals surface area (Å²) in [6.07, 6.45) is 5.06. The zero-order valence-electron chi connectivity index (χ0n) is 14.2. The molecule has 4 rings (SSSR count). The Morgan fingerprint density at radius 2 is 2.00 bits per heavy atom. The van der Waals surface area contributed by atoms with E-state index in [4.69, 9.17) is 4.99 Å². The number of amides is 1. The van der Waals surface area contributed by atoms with E-state index in [1.807, 2.05) is 26.0 Å². The summed E-state index contributed by atoms with van der Waals surface area (Å²) >= 11 is 1.74. The smallest absolute Gasteiger partial charge is 0.226 e. The lowest BCUT2D eigenvalue weighted by Crippen LogP contribution is -2.38. The SMILES string of the molecule is CC(C)C(=O)Nc1ccc(C2=CSC3=N[C@H]4CCCC[C@@H]4N23)cc1. The third-order valence-corrected chi connectivity index (χ3v) is 5.87. The molecule has 1 aromatic carbocycles. The number of aliphatic imine (C=N–C) groups is 1. The van der Waals surface area contributed by atoms with Gasteiger partial charge in [-0.2, -0.15) is 0 Å². The molecule has 126 valence electrons. The molecular formula is C19H23N3OS. The molecule has 1 aromatic rings. The van der Waals surface area contributed by atoms with Crippen molar-refractivity contribution in [3.8, 4) is 0 Å². The maximum Gasteiger partial charge on any atom is 0.226 e. The second kappa shape index (κ2) is 6.28. The van der Waals surface area contributed by atoms with Gasteiger partial charge in [-0.15, -0.1) is 0 Å². The van der Waals surface area contributed by atoms with Crippen molar-refractivity contribution in [1.29, 1.82) is 0 Å². The maximum absolute atomic E-state index is 11.8. The highest BCUT2D eigenvalue weighted by Gasteiger charge is 2.42. The molecule has 3 aliphatic rings. The third-order valence-electron chi connectivity index (χ3n) is 5.02. The van der Waals surface area contributed by atoms with Crippen molar-refractivity contribution in [2.45, 2.75) is 51.6 Å². The minimum atomic E-state index is -0.00905. The standard InChI is InChI=1S/C19H23N3OS/c1-12(2)18(23)20-14-9-7-13(8-10-14)17-11-24-19-21-15-5-3-4-6-16(15)22(17)19/h7-12,15-16H,3-6H2,1-2H3,(H,20,23)/t15-,16-/m0/s1. The summed E-state index contributed by atoms with van der Waals surface area (Å²) in [6.45, 7) is 3.80. The molecule has 1 aliphatic carbocycles. The molecule has 0 bridgehead atoms. The molecule has 0 spiro atoms. The Bertz CT molecular complexity index is 708. The van der Waals surface area contributed by atoms with Crippen molar-refractivity contribution >= 4 is 34.2 Å². The van der Waals surface area contributed by atoms with Crippen LogP contribution in [0.1, 0.15) is 45.1 Å². The number of rotatable bonds is 3. The van der Waals surface area contributed by atoms with E-state index in [2.05, 4.69) is 27.8 Å². The number of thioether (sulfide) groups is 1. The molecule has 2 heterocycles. The van der Waals surface area contributed by atoms with Crippen LogP contribution in [0.25, 0.3) is 5.70 Å². The first-order valence-electron chi connectivity index (χ1n) is 8.78. The maximum atomic E-state index is 11.8. The third kappa shape index (κ3) is 2.75. The number of carbonyl (C=O) groups is 1. The van der Waals surface area contributed by atoms with Gasteiger partial charge < -0.3 is 10.2 Å². The van der Waals surface area contributed by atoms with E-state index in [1.165, 1.54) is 42.1 Å². The minimum absolute atomic E-state index is 0.00905. The number of hydrogen-bond acceptors (Lipinski definition) is 4. The quantitative estimate of drug-likeness (QED) is 0.891. The van der Waals surface area contributed by atoms with Gasteiger partial charge in [0.25, 0.3) is 0 Å². The van der Waals surface area contributed by atoms with Gasteiger partial charge in [0.15, 0.2) is 5.17 Å². The van der Waals surface area contributed by atoms with E-state index in [1.54, 1.807) is 11.8 Å². The highest BCUT2D eigenvalue weighted by atomic mass is 32.2. The summed E-state index contributed by atoms with van der Waals surface area (Å²) in [6, 6.07) is 9.20. The molecule has 1 amide bonds. The van der Waals surface area contributed by atoms with E-state index in [-0.39, 0.29) is 11.8 Å². The molecule has 2 atom stereocenters. The van der Waals surface area contributed by atoms with Crippen molar-refractivity contribution in [2.24, 2.45) is 10.9 Å². The van der Waals surface area contributed by atoms with Crippen LogP contribution in [-0.2, 0) is 4.79 Å². The second-order valence-corrected chi connectivity index (χ2v) is 7.88. The fourth-order valence-electron chi connectivity index (χ4n) is 3.64. The second-order valence-electron chi connectivity index (χ2n) is 7.04. The first kappa shape index (κ1) is 15.8. The molecular weight excluding hydrogens is 318 g/mol. The zero-order chi connectivity index (χ0) is 16.7. The number of carbonyl (C=O) groups excluding carboxylic acids is 1. The number of hydrogen-bond donors (Lipinski definition) is 1. The number of nitrogens with zero attached hydrogens (tertiary/aromatic N) is 2. The lowest BCUT2D eigenvalue weighted by Gasteiger charge is -2.32. The topological polar surface area (TPSA) is 44.7 Å². The summed E-state index contributed by atoms with van der Waals surface area (Å²) < 4.78 is 0. The Hall–Kier alpha value is -1.75. The van der Waals surface area contributed by atoms with Crippen molar-refractivity contribution in [1.82, 2.24) is 4.90 Å². The number of anilines is 1. The van der Waals surface area contributed by atoms with E-state index < -0.39 is 0 Å². The van der Waals surface area contributed by atoms with Gasteiger partial charge in [0.1, 0.15) is 0 Å². The zero-order valence-corrected chi connectivity index (χ0v) is 15.0. The van der Waals surface area contributed by atoms with Gasteiger partial charge in [0.2, 0.25) is 5.91 Å². The van der Waals surface area contributed by atoms with Gasteiger partial charge in [-0.05, 0) is 30.5 Å². The predicted octanol–water partition coefficient (Wildman–Crippen LogP) is 4.31. The fraction of sp³-hybridized carbons (Fsp3) is 0.474. The van der Waals surface area contributed by atoms with Crippen molar-refractivity contribution < 1.29 is 4.79 Å². The highest BCUT2D eigenvalue weighted by molar-refractivity contribution is 8.16. The van der Waals surface area contributed by atoms with Gasteiger partial charge in [-0.1, -0.05) is 50.6 Å². The van der Waals surface area contributed by atoms with Crippen LogP contribution in [-0.4, -0.2) is 28.1 Å². The Labute approximate surface area is 147 Å². The first-order chi connectivity index (χ1) is 11.6. The summed E-state index contributed by atoms with van der Waals surface area (Å²) in [5, 5.41) is 6.33. The van der Waals surface area contributed by atoms with Gasteiger partial charge in [-0.25, -0.2) is 0 Å². The van der Waals surface area contributed by atoms with Crippen LogP contribution in [0.5, 0.6) is 0 Å². The first-order valence-corrected chi connectivity index (χ1v) is 9.66. The Morgan fingerprint density at radius 3 is 2.75 bits per heavy atom. The molecule has 0 unspecified atom stereocenters. The number of fused-ring (bicyclic) bond motifs is 3. The molecule has 5 heteroatoms. The summed E-state index contributed by atoms with van der Waals surface area (Å²) in [7, 11) is 0. The summed E-state index contributed by atoms with van der Waals surface area (Å²) in [5.74, 6) is 0.0441. The van der Waals surface area contributed by atoms with Crippen molar-refractivity contribution in [3.05, 3.63) is 35.2 Å². The molecule has 4 nitrogen and oxygen atoms in total. The molecule has 1 N–H and O–H groups in total. The Morgan fingerprint density at radius 1 is 1.25 bits per heavy atom. The average molecular weight is 341 g/mol. The number of nitrogens with one attached hydrogen (secondary N) is 1. The van der Waals surface area contributed by atoms with Gasteiger partial charge in [-0.3, -0.25) is 9.79 Å². The Balaban J connectivity index is 1.52. The van der Waals surface area contributed by atoms with Gasteiger partial charge in [0.05, 0.1) is 17.8 Å². The number of amidine groups is 1. The number of benzene rings is 1. The van der Waals surface area contributed by atoms with Crippen LogP contribution in [0.15, 0.2) is 34.7 Å². The van der Waals surface area contributed by atoms with Crippen LogP contribution >= 0.6 is 11.8 Å². The fourth-order valence-corrected chi connectivity index (χ4v) is 4.65. The van der Waals surface area contributed by atoms with Gasteiger partial charge >= 0.3 is 0 Å². The van der Waals surface area contributed by atoms with Gasteiger partial charge in [0, 0.05) is 17.0 Å². The van der Waals surface area contributed by atoms with Crippen LogP contribution in [0.4, 0.5) is 5.69 Å². The molecule has 0 saturated heterocycles. The lowest BCUT2D eigenvalue weighted by atomic mass is 9.90. The molecule has 0 aromatic heterocycles. The Kier molecular flexibility index (Phi) is 4.12. The summed E-state index contributed by atoms with van der Waals surface area (Å²) in [5.41, 5.74) is 3.31. The van der Waals surface area contributed by atoms with E-state index >= 15 is 0 Å². The van der Waals surface area contributed by atoms with E-state index in [0.717, 1.165) is 5.69 Å². The van der Waals surface area contributed by atoms with E-state index in [9.17, 15) is 4.79 Å². The molecule has 24 heavy (non-hydrogen) atoms. The largest absolute Gasteiger partial charge is 0.326 e. The monoisotopic (exact) mass is 341 g/mol. The molecule has 1 fully saturated rings. The average Bonchev–Trinajstić information content (AvgIpc) is 3.14. The van der Waals surface area contributed by atoms with Crippen LogP contribution < -0.4 is 5.32 Å².